The lowest BCUT2D eigenvalue weighted by molar-refractivity contribution is -0.0165. The number of benzene rings is 2. The highest BCUT2D eigenvalue weighted by Crippen LogP contribution is 2.34. The van der Waals surface area contributed by atoms with Crippen molar-refractivity contribution in [3.63, 3.8) is 0 Å². The summed E-state index contributed by atoms with van der Waals surface area (Å²) in [6, 6.07) is 10.4. The van der Waals surface area contributed by atoms with Crippen LogP contribution in [0.3, 0.4) is 0 Å². The molecule has 2 aliphatic rings. The first kappa shape index (κ1) is 21.0. The average molecular weight is 430 g/mol. The second-order valence-corrected chi connectivity index (χ2v) is 10.0. The van der Waals surface area contributed by atoms with Gasteiger partial charge in [0.1, 0.15) is 5.75 Å². The van der Waals surface area contributed by atoms with E-state index in [1.807, 2.05) is 32.0 Å². The zero-order chi connectivity index (χ0) is 21.4. The Morgan fingerprint density at radius 3 is 2.40 bits per heavy atom. The third kappa shape index (κ3) is 4.15. The van der Waals surface area contributed by atoms with E-state index in [0.29, 0.717) is 36.3 Å². The van der Waals surface area contributed by atoms with Gasteiger partial charge in [-0.1, -0.05) is 36.5 Å². The molecule has 2 aromatic carbocycles. The second kappa shape index (κ2) is 8.13. The van der Waals surface area contributed by atoms with Crippen LogP contribution in [0.2, 0.25) is 0 Å². The molecule has 0 saturated heterocycles. The smallest absolute Gasteiger partial charge is 0.241 e. The van der Waals surface area contributed by atoms with Gasteiger partial charge < -0.3 is 9.47 Å². The van der Waals surface area contributed by atoms with Crippen LogP contribution >= 0.6 is 0 Å². The highest BCUT2D eigenvalue weighted by Gasteiger charge is 2.43. The number of hydrogen-bond acceptors (Lipinski definition) is 5. The van der Waals surface area contributed by atoms with E-state index >= 15 is 0 Å². The fourth-order valence-corrected chi connectivity index (χ4v) is 5.94. The predicted octanol–water partition coefficient (Wildman–Crippen LogP) is 4.03. The first-order valence-corrected chi connectivity index (χ1v) is 11.8. The van der Waals surface area contributed by atoms with E-state index in [1.165, 1.54) is 6.07 Å². The molecule has 1 N–H and O–H groups in total. The van der Waals surface area contributed by atoms with Gasteiger partial charge in [-0.05, 0) is 57.0 Å². The molecule has 7 heteroatoms. The van der Waals surface area contributed by atoms with E-state index < -0.39 is 15.6 Å². The van der Waals surface area contributed by atoms with Crippen LogP contribution in [0.4, 0.5) is 0 Å². The number of ether oxygens (including phenoxy) is 2. The number of carbonyl (C=O) groups excluding carboxylic acids is 1. The fourth-order valence-electron chi connectivity index (χ4n) is 4.46. The molecule has 4 rings (SSSR count). The van der Waals surface area contributed by atoms with E-state index in [-0.39, 0.29) is 17.5 Å². The summed E-state index contributed by atoms with van der Waals surface area (Å²) in [7, 11) is -3.91. The van der Waals surface area contributed by atoms with Gasteiger partial charge in [-0.15, -0.1) is 0 Å². The number of aryl methyl sites for hydroxylation is 2. The number of carbonyl (C=O) groups is 1. The van der Waals surface area contributed by atoms with Crippen LogP contribution in [0.1, 0.15) is 59.2 Å². The lowest BCUT2D eigenvalue weighted by atomic mass is 9.77. The maximum atomic E-state index is 13.6. The van der Waals surface area contributed by atoms with Crippen LogP contribution in [0.25, 0.3) is 0 Å². The largest absolute Gasteiger partial charge is 0.467 e. The Labute approximate surface area is 177 Å². The van der Waals surface area contributed by atoms with Gasteiger partial charge >= 0.3 is 0 Å². The highest BCUT2D eigenvalue weighted by atomic mass is 32.2. The molecular formula is C23H27NO5S. The maximum Gasteiger partial charge on any atom is 0.241 e. The molecule has 0 radical (unpaired) electrons. The molecule has 0 unspecified atom stereocenters. The maximum absolute atomic E-state index is 13.6. The van der Waals surface area contributed by atoms with Crippen molar-refractivity contribution in [2.24, 2.45) is 0 Å². The van der Waals surface area contributed by atoms with Crippen LogP contribution in [-0.4, -0.2) is 26.5 Å². The highest BCUT2D eigenvalue weighted by molar-refractivity contribution is 7.89. The molecule has 0 atom stereocenters. The average Bonchev–Trinajstić information content (AvgIpc) is 2.72. The minimum atomic E-state index is -3.91. The Kier molecular flexibility index (Phi) is 5.70. The topological polar surface area (TPSA) is 81.7 Å². The van der Waals surface area contributed by atoms with E-state index in [9.17, 15) is 13.2 Å². The summed E-state index contributed by atoms with van der Waals surface area (Å²) in [5.41, 5.74) is 2.09. The Morgan fingerprint density at radius 1 is 1.00 bits per heavy atom. The lowest BCUT2D eigenvalue weighted by Crippen LogP contribution is -2.55. The number of sulfonamides is 1. The molecule has 0 bridgehead atoms. The summed E-state index contributed by atoms with van der Waals surface area (Å²) >= 11 is 0. The van der Waals surface area contributed by atoms with Crippen LogP contribution in [0.15, 0.2) is 41.3 Å². The minimum absolute atomic E-state index is 0.119. The Balaban J connectivity index is 1.69. The minimum Gasteiger partial charge on any atom is -0.467 e. The van der Waals surface area contributed by atoms with E-state index in [1.54, 1.807) is 12.1 Å². The van der Waals surface area contributed by atoms with Gasteiger partial charge in [0.25, 0.3) is 0 Å². The molecule has 30 heavy (non-hydrogen) atoms. The summed E-state index contributed by atoms with van der Waals surface area (Å²) in [5, 5.41) is 0. The molecule has 0 spiro atoms. The number of Topliss-reactive ketones (excluding diaryl/α,β-unsaturated/α-hetero) is 1. The number of fused-ring (bicyclic) bond motifs is 1. The van der Waals surface area contributed by atoms with Gasteiger partial charge in [0.05, 0.1) is 17.0 Å². The van der Waals surface area contributed by atoms with Crippen LogP contribution < -0.4 is 9.46 Å². The Morgan fingerprint density at radius 2 is 1.70 bits per heavy atom. The summed E-state index contributed by atoms with van der Waals surface area (Å²) in [4.78, 5) is 13.7. The summed E-state index contributed by atoms with van der Waals surface area (Å²) in [6.07, 6.45) is 3.61. The zero-order valence-electron chi connectivity index (χ0n) is 17.4. The lowest BCUT2D eigenvalue weighted by Gasteiger charge is -2.36. The number of ketones is 1. The molecule has 1 saturated carbocycles. The van der Waals surface area contributed by atoms with Crippen molar-refractivity contribution in [2.45, 2.75) is 63.0 Å². The molecule has 0 amide bonds. The molecule has 1 aliphatic carbocycles. The van der Waals surface area contributed by atoms with Crippen molar-refractivity contribution < 1.29 is 22.7 Å². The molecule has 160 valence electrons. The van der Waals surface area contributed by atoms with Crippen LogP contribution in [0, 0.1) is 13.8 Å². The van der Waals surface area contributed by atoms with Crippen LogP contribution in [-0.2, 0) is 21.4 Å². The summed E-state index contributed by atoms with van der Waals surface area (Å²) < 4.78 is 40.1. The van der Waals surface area contributed by atoms with Gasteiger partial charge in [-0.2, -0.15) is 4.72 Å². The summed E-state index contributed by atoms with van der Waals surface area (Å²) in [6.45, 7) is 4.34. The molecule has 6 nitrogen and oxygen atoms in total. The van der Waals surface area contributed by atoms with Crippen molar-refractivity contribution in [3.05, 3.63) is 58.7 Å². The molecule has 1 fully saturated rings. The molecule has 0 aromatic heterocycles. The van der Waals surface area contributed by atoms with Crippen molar-refractivity contribution in [1.82, 2.24) is 4.72 Å². The zero-order valence-corrected chi connectivity index (χ0v) is 18.2. The Bertz CT molecular complexity index is 1050. The van der Waals surface area contributed by atoms with E-state index in [4.69, 9.17) is 9.47 Å². The quantitative estimate of drug-likeness (QED) is 0.726. The molecule has 1 heterocycles. The van der Waals surface area contributed by atoms with Crippen molar-refractivity contribution in [3.8, 4) is 5.75 Å². The Hall–Kier alpha value is -2.22. The normalized spacial score (nSPS) is 18.3. The summed E-state index contributed by atoms with van der Waals surface area (Å²) in [5.74, 6) is 0.473. The second-order valence-electron chi connectivity index (χ2n) is 8.33. The van der Waals surface area contributed by atoms with Gasteiger partial charge in [0.2, 0.25) is 10.0 Å². The van der Waals surface area contributed by atoms with Crippen LogP contribution in [0.5, 0.6) is 5.75 Å². The van der Waals surface area contributed by atoms with Gasteiger partial charge in [-0.3, -0.25) is 4.79 Å². The number of rotatable bonds is 5. The SMILES string of the molecule is Cc1cc(C)cc(C(=O)C2(NS(=O)(=O)c3ccc4c(c3)COCO4)CCCCC2)c1. The van der Waals surface area contributed by atoms with Gasteiger partial charge in [0, 0.05) is 11.1 Å². The van der Waals surface area contributed by atoms with Crippen molar-refractivity contribution >= 4 is 15.8 Å². The molecule has 2 aromatic rings. The third-order valence-electron chi connectivity index (χ3n) is 5.85. The number of nitrogens with one attached hydrogen (secondary N) is 1. The molecule has 1 aliphatic heterocycles. The van der Waals surface area contributed by atoms with E-state index in [0.717, 1.165) is 30.4 Å². The first-order chi connectivity index (χ1) is 14.3. The van der Waals surface area contributed by atoms with Crippen molar-refractivity contribution in [2.75, 3.05) is 6.79 Å². The number of hydrogen-bond donors (Lipinski definition) is 1. The predicted molar refractivity (Wildman–Crippen MR) is 113 cm³/mol. The standard InChI is InChI=1S/C23H27NO5S/c1-16-10-17(2)12-18(11-16)22(25)23(8-4-3-5-9-23)24-30(26,27)20-6-7-21-19(13-20)14-28-15-29-21/h6-7,10-13,24H,3-5,8-9,14-15H2,1-2H3. The fraction of sp³-hybridized carbons (Fsp3) is 0.435. The van der Waals surface area contributed by atoms with E-state index in [2.05, 4.69) is 4.72 Å². The monoisotopic (exact) mass is 429 g/mol. The molecular weight excluding hydrogens is 402 g/mol. The van der Waals surface area contributed by atoms with Gasteiger partial charge in [-0.25, -0.2) is 8.42 Å². The van der Waals surface area contributed by atoms with Crippen molar-refractivity contribution in [1.29, 1.82) is 0 Å². The first-order valence-electron chi connectivity index (χ1n) is 10.3. The third-order valence-corrected chi connectivity index (χ3v) is 7.39. The van der Waals surface area contributed by atoms with Gasteiger partial charge in [0.15, 0.2) is 12.6 Å².